The lowest BCUT2D eigenvalue weighted by Gasteiger charge is -2.17. The highest BCUT2D eigenvalue weighted by Gasteiger charge is 2.43. The molecule has 37 heavy (non-hydrogen) atoms. The van der Waals surface area contributed by atoms with Crippen LogP contribution in [0.1, 0.15) is 60.4 Å². The van der Waals surface area contributed by atoms with Crippen molar-refractivity contribution in [2.45, 2.75) is 69.7 Å². The summed E-state index contributed by atoms with van der Waals surface area (Å²) in [4.78, 5) is 43.3. The molecule has 3 atom stereocenters. The number of rotatable bonds is 10. The molecule has 2 saturated carbocycles. The molecule has 0 bridgehead atoms. The van der Waals surface area contributed by atoms with E-state index in [-0.39, 0.29) is 36.5 Å². The summed E-state index contributed by atoms with van der Waals surface area (Å²) in [6.45, 7) is 1.41. The fourth-order valence-corrected chi connectivity index (χ4v) is 4.40. The maximum atomic E-state index is 14.7. The number of hydrogen-bond donors (Lipinski definition) is 4. The molecule has 2 aromatic heterocycles. The van der Waals surface area contributed by atoms with Crippen LogP contribution in [0.5, 0.6) is 0 Å². The molecule has 2 aromatic rings. The summed E-state index contributed by atoms with van der Waals surface area (Å²) < 4.78 is 43.3. The summed E-state index contributed by atoms with van der Waals surface area (Å²) in [6, 6.07) is 3.00. The molecular weight excluding hydrogens is 514 g/mol. The number of hydrogen-bond acceptors (Lipinski definition) is 8. The number of nitrogens with zero attached hydrogens (tertiary/aromatic N) is 4. The number of nitrogens with one attached hydrogen (secondary N) is 2. The number of anilines is 1. The number of aryl methyl sites for hydroxylation is 1. The second-order valence-corrected chi connectivity index (χ2v) is 10.8. The Morgan fingerprint density at radius 2 is 2.00 bits per heavy atom. The smallest absolute Gasteiger partial charge is 0.443 e. The van der Waals surface area contributed by atoms with Gasteiger partial charge in [0.2, 0.25) is 0 Å². The van der Waals surface area contributed by atoms with Crippen LogP contribution in [0, 0.1) is 0 Å². The second-order valence-electron chi connectivity index (χ2n) is 9.55. The molecule has 0 aliphatic heterocycles. The molecule has 0 aromatic carbocycles. The number of halogens is 1. The van der Waals surface area contributed by atoms with Crippen molar-refractivity contribution < 1.29 is 42.3 Å². The quantitative estimate of drug-likeness (QED) is 0.323. The largest absolute Gasteiger partial charge is 0.471 e. The molecule has 4 N–H and O–H groups in total. The first-order valence-corrected chi connectivity index (χ1v) is 13.1. The maximum Gasteiger partial charge on any atom is 0.471 e. The van der Waals surface area contributed by atoms with Gasteiger partial charge in [0.05, 0.1) is 18.0 Å². The zero-order chi connectivity index (χ0) is 27.0. The third-order valence-electron chi connectivity index (χ3n) is 6.35. The van der Waals surface area contributed by atoms with Crippen LogP contribution in [-0.4, -0.2) is 66.3 Å². The minimum absolute atomic E-state index is 0.0150. The standard InChI is InChI=1S/C21H30FN6O8P/c1-21(4-5-21)24-20(30)36-17-7-12(6-14(17)22)15-9-18(28(26-15)11-35-37(31,32)33)23-19(29)16-8-13(10-34-3)25-27(16)2/h8-9,12,14,17H,4-7,10-11H2,1-3H3,(H,23,29)(H,24,30)(H2,31,32,33)/t12-,14+,17-/m0/s1. The van der Waals surface area contributed by atoms with Crippen molar-refractivity contribution in [1.29, 1.82) is 0 Å². The summed E-state index contributed by atoms with van der Waals surface area (Å²) in [5.74, 6) is -0.967. The Balaban J connectivity index is 1.49. The molecule has 2 heterocycles. The number of amides is 2. The van der Waals surface area contributed by atoms with E-state index in [1.165, 1.54) is 23.9 Å². The van der Waals surface area contributed by atoms with Gasteiger partial charge >= 0.3 is 13.9 Å². The average molecular weight is 544 g/mol. The van der Waals surface area contributed by atoms with Gasteiger partial charge in [-0.05, 0) is 38.7 Å². The average Bonchev–Trinajstić information content (AvgIpc) is 3.10. The molecule has 14 nitrogen and oxygen atoms in total. The van der Waals surface area contributed by atoms with Gasteiger partial charge in [-0.15, -0.1) is 0 Å². The van der Waals surface area contributed by atoms with E-state index in [0.29, 0.717) is 11.4 Å². The van der Waals surface area contributed by atoms with Crippen LogP contribution in [0.3, 0.4) is 0 Å². The van der Waals surface area contributed by atoms with Crippen molar-refractivity contribution >= 4 is 25.6 Å². The predicted molar refractivity (Wildman–Crippen MR) is 125 cm³/mol. The van der Waals surface area contributed by atoms with Crippen molar-refractivity contribution in [1.82, 2.24) is 24.9 Å². The minimum atomic E-state index is -4.85. The molecule has 0 saturated heterocycles. The van der Waals surface area contributed by atoms with E-state index in [2.05, 4.69) is 25.4 Å². The fourth-order valence-electron chi connectivity index (χ4n) is 4.14. The van der Waals surface area contributed by atoms with Crippen LogP contribution in [0.2, 0.25) is 0 Å². The number of carbonyl (C=O) groups excluding carboxylic acids is 2. The molecule has 0 radical (unpaired) electrons. The van der Waals surface area contributed by atoms with Crippen molar-refractivity contribution in [3.63, 3.8) is 0 Å². The molecular formula is C21H30FN6O8P. The zero-order valence-corrected chi connectivity index (χ0v) is 21.5. The lowest BCUT2D eigenvalue weighted by molar-refractivity contribution is 0.0583. The van der Waals surface area contributed by atoms with Crippen LogP contribution in [0.4, 0.5) is 15.0 Å². The van der Waals surface area contributed by atoms with Crippen LogP contribution in [0.25, 0.3) is 0 Å². The Morgan fingerprint density at radius 1 is 1.27 bits per heavy atom. The highest BCUT2D eigenvalue weighted by atomic mass is 31.2. The van der Waals surface area contributed by atoms with Gasteiger partial charge < -0.3 is 29.9 Å². The van der Waals surface area contributed by atoms with Crippen LogP contribution in [-0.2, 0) is 38.9 Å². The normalized spacial score (nSPS) is 22.6. The second kappa shape index (κ2) is 10.5. The molecule has 2 fully saturated rings. The van der Waals surface area contributed by atoms with E-state index in [0.717, 1.165) is 17.5 Å². The summed E-state index contributed by atoms with van der Waals surface area (Å²) in [5, 5.41) is 13.8. The number of methoxy groups -OCH3 is 1. The van der Waals surface area contributed by atoms with Crippen LogP contribution >= 0.6 is 7.82 Å². The van der Waals surface area contributed by atoms with Gasteiger partial charge in [0.15, 0.2) is 6.73 Å². The SMILES string of the molecule is COCc1cc(C(=O)Nc2cc([C@H]3C[C@@H](F)[C@@H](OC(=O)NC4(C)CC4)C3)nn2COP(=O)(O)O)n(C)n1. The summed E-state index contributed by atoms with van der Waals surface area (Å²) in [5.41, 5.74) is 0.771. The third kappa shape index (κ3) is 6.93. The molecule has 0 unspecified atom stereocenters. The van der Waals surface area contributed by atoms with Crippen molar-refractivity contribution in [3.05, 3.63) is 29.2 Å². The number of aromatic nitrogens is 4. The fraction of sp³-hybridized carbons (Fsp3) is 0.619. The molecule has 204 valence electrons. The lowest BCUT2D eigenvalue weighted by Crippen LogP contribution is -2.38. The number of alkyl halides is 1. The van der Waals surface area contributed by atoms with E-state index >= 15 is 0 Å². The Kier molecular flexibility index (Phi) is 7.72. The van der Waals surface area contributed by atoms with E-state index in [9.17, 15) is 18.5 Å². The number of carbonyl (C=O) groups is 2. The van der Waals surface area contributed by atoms with Crippen LogP contribution < -0.4 is 10.6 Å². The molecule has 2 aliphatic carbocycles. The van der Waals surface area contributed by atoms with E-state index < -0.39 is 44.7 Å². The van der Waals surface area contributed by atoms with Gasteiger partial charge in [-0.25, -0.2) is 18.4 Å². The number of phosphoric ester groups is 1. The highest BCUT2D eigenvalue weighted by molar-refractivity contribution is 7.46. The van der Waals surface area contributed by atoms with Gasteiger partial charge in [0, 0.05) is 31.7 Å². The minimum Gasteiger partial charge on any atom is -0.443 e. The highest BCUT2D eigenvalue weighted by Crippen LogP contribution is 2.40. The molecule has 2 aliphatic rings. The van der Waals surface area contributed by atoms with Gasteiger partial charge in [0.25, 0.3) is 5.91 Å². The molecule has 0 spiro atoms. The first-order valence-electron chi connectivity index (χ1n) is 11.6. The van der Waals surface area contributed by atoms with Crippen molar-refractivity contribution in [2.24, 2.45) is 7.05 Å². The number of phosphoric acid groups is 1. The summed E-state index contributed by atoms with van der Waals surface area (Å²) in [7, 11) is -1.77. The lowest BCUT2D eigenvalue weighted by atomic mass is 10.0. The predicted octanol–water partition coefficient (Wildman–Crippen LogP) is 1.94. The van der Waals surface area contributed by atoms with E-state index in [1.54, 1.807) is 7.05 Å². The van der Waals surface area contributed by atoms with E-state index in [1.807, 2.05) is 6.92 Å². The van der Waals surface area contributed by atoms with Gasteiger partial charge in [-0.1, -0.05) is 0 Å². The monoisotopic (exact) mass is 544 g/mol. The molecule has 16 heteroatoms. The summed E-state index contributed by atoms with van der Waals surface area (Å²) in [6.07, 6.45) is -1.24. The summed E-state index contributed by atoms with van der Waals surface area (Å²) >= 11 is 0. The third-order valence-corrected chi connectivity index (χ3v) is 6.81. The molecule has 4 rings (SSSR count). The first-order chi connectivity index (χ1) is 17.4. The van der Waals surface area contributed by atoms with Gasteiger partial charge in [-0.3, -0.25) is 14.0 Å². The van der Waals surface area contributed by atoms with Crippen molar-refractivity contribution in [3.8, 4) is 0 Å². The van der Waals surface area contributed by atoms with E-state index in [4.69, 9.17) is 19.3 Å². The Labute approximate surface area is 211 Å². The maximum absolute atomic E-state index is 14.7. The zero-order valence-electron chi connectivity index (χ0n) is 20.6. The van der Waals surface area contributed by atoms with Crippen molar-refractivity contribution in [2.75, 3.05) is 12.4 Å². The Morgan fingerprint density at radius 3 is 2.65 bits per heavy atom. The molecule has 2 amide bonds. The number of alkyl carbamates (subject to hydrolysis) is 1. The van der Waals surface area contributed by atoms with Gasteiger partial charge in [-0.2, -0.15) is 10.2 Å². The Hall–Kier alpha value is -2.84. The first kappa shape index (κ1) is 27.2. The Bertz CT molecular complexity index is 1210. The topological polar surface area (TPSA) is 179 Å². The van der Waals surface area contributed by atoms with Crippen LogP contribution in [0.15, 0.2) is 12.1 Å². The van der Waals surface area contributed by atoms with Gasteiger partial charge in [0.1, 0.15) is 23.8 Å². The number of ether oxygens (including phenoxy) is 2.